The number of rotatable bonds is 2. The molecule has 0 aromatic heterocycles. The summed E-state index contributed by atoms with van der Waals surface area (Å²) >= 11 is 3.23. The molecule has 0 amide bonds. The number of nitrogen functional groups attached to an aromatic ring is 1. The smallest absolute Gasteiger partial charge is 0.126 e. The van der Waals surface area contributed by atoms with E-state index in [-0.39, 0.29) is 5.82 Å². The van der Waals surface area contributed by atoms with Gasteiger partial charge in [-0.25, -0.2) is 4.39 Å². The Bertz CT molecular complexity index is 557. The first-order valence-corrected chi connectivity index (χ1v) is 5.80. The molecule has 0 atom stereocenters. The van der Waals surface area contributed by atoms with Crippen molar-refractivity contribution in [1.82, 2.24) is 0 Å². The minimum absolute atomic E-state index is 0.341. The number of ether oxygens (including phenoxy) is 1. The molecule has 0 heterocycles. The third-order valence-corrected chi connectivity index (χ3v) is 3.15. The van der Waals surface area contributed by atoms with Crippen LogP contribution in [0.4, 0.5) is 10.1 Å². The van der Waals surface area contributed by atoms with Crippen LogP contribution in [0.5, 0.6) is 5.75 Å². The number of hydrogen-bond acceptors (Lipinski definition) is 2. The molecule has 4 heteroatoms. The number of nitrogens with two attached hydrogens (primary N) is 1. The zero-order valence-electron chi connectivity index (χ0n) is 9.21. The molecule has 17 heavy (non-hydrogen) atoms. The van der Waals surface area contributed by atoms with Crippen LogP contribution in [0, 0.1) is 5.82 Å². The van der Waals surface area contributed by atoms with Crippen LogP contribution in [0.25, 0.3) is 11.1 Å². The van der Waals surface area contributed by atoms with Crippen molar-refractivity contribution >= 4 is 21.6 Å². The Balaban J connectivity index is 2.68. The van der Waals surface area contributed by atoms with E-state index in [1.165, 1.54) is 12.1 Å². The first kappa shape index (κ1) is 11.9. The Morgan fingerprint density at radius 1 is 1.18 bits per heavy atom. The SMILES string of the molecule is COc1ccccc1-c1cc(F)cc(Br)c1N. The summed E-state index contributed by atoms with van der Waals surface area (Å²) in [6.07, 6.45) is 0. The first-order valence-electron chi connectivity index (χ1n) is 5.01. The highest BCUT2D eigenvalue weighted by Crippen LogP contribution is 2.37. The van der Waals surface area contributed by atoms with Crippen molar-refractivity contribution in [3.8, 4) is 16.9 Å². The van der Waals surface area contributed by atoms with Gasteiger partial charge in [0.2, 0.25) is 0 Å². The molecule has 0 fully saturated rings. The molecule has 2 nitrogen and oxygen atoms in total. The third kappa shape index (κ3) is 2.26. The van der Waals surface area contributed by atoms with E-state index >= 15 is 0 Å². The largest absolute Gasteiger partial charge is 0.496 e. The summed E-state index contributed by atoms with van der Waals surface area (Å²) in [5, 5.41) is 0. The van der Waals surface area contributed by atoms with Gasteiger partial charge in [-0.3, -0.25) is 0 Å². The fourth-order valence-electron chi connectivity index (χ4n) is 1.67. The quantitative estimate of drug-likeness (QED) is 0.854. The molecule has 0 aliphatic carbocycles. The van der Waals surface area contributed by atoms with Gasteiger partial charge in [0.1, 0.15) is 11.6 Å². The second-order valence-electron chi connectivity index (χ2n) is 3.55. The average Bonchev–Trinajstić information content (AvgIpc) is 2.33. The van der Waals surface area contributed by atoms with Crippen LogP contribution in [0.15, 0.2) is 40.9 Å². The maximum atomic E-state index is 13.4. The number of benzene rings is 2. The summed E-state index contributed by atoms with van der Waals surface area (Å²) < 4.78 is 19.2. The first-order chi connectivity index (χ1) is 8.13. The molecule has 0 radical (unpaired) electrons. The summed E-state index contributed by atoms with van der Waals surface area (Å²) in [6.45, 7) is 0. The van der Waals surface area contributed by atoms with E-state index in [0.29, 0.717) is 21.5 Å². The molecule has 0 saturated heterocycles. The summed E-state index contributed by atoms with van der Waals surface area (Å²) in [6, 6.07) is 10.1. The van der Waals surface area contributed by atoms with E-state index < -0.39 is 0 Å². The van der Waals surface area contributed by atoms with Gasteiger partial charge < -0.3 is 10.5 Å². The van der Waals surface area contributed by atoms with E-state index in [2.05, 4.69) is 15.9 Å². The molecule has 0 saturated carbocycles. The van der Waals surface area contributed by atoms with Crippen molar-refractivity contribution in [2.45, 2.75) is 0 Å². The fourth-order valence-corrected chi connectivity index (χ4v) is 2.11. The van der Waals surface area contributed by atoms with E-state index in [4.69, 9.17) is 10.5 Å². The summed E-state index contributed by atoms with van der Waals surface area (Å²) in [4.78, 5) is 0. The topological polar surface area (TPSA) is 35.2 Å². The second kappa shape index (κ2) is 4.75. The summed E-state index contributed by atoms with van der Waals surface area (Å²) in [5.41, 5.74) is 7.82. The highest BCUT2D eigenvalue weighted by Gasteiger charge is 2.12. The van der Waals surface area contributed by atoms with E-state index in [1.807, 2.05) is 24.3 Å². The zero-order chi connectivity index (χ0) is 12.4. The Hall–Kier alpha value is -1.55. The standard InChI is InChI=1S/C13H11BrFNO/c1-17-12-5-3-2-4-9(12)10-6-8(15)7-11(14)13(10)16/h2-7H,16H2,1H3. The number of halogens is 2. The zero-order valence-corrected chi connectivity index (χ0v) is 10.8. The van der Waals surface area contributed by atoms with Crippen molar-refractivity contribution < 1.29 is 9.13 Å². The maximum Gasteiger partial charge on any atom is 0.126 e. The number of anilines is 1. The van der Waals surface area contributed by atoms with Gasteiger partial charge in [0.25, 0.3) is 0 Å². The van der Waals surface area contributed by atoms with Crippen LogP contribution in [0.2, 0.25) is 0 Å². The Kier molecular flexibility index (Phi) is 3.33. The lowest BCUT2D eigenvalue weighted by Crippen LogP contribution is -1.95. The van der Waals surface area contributed by atoms with Gasteiger partial charge >= 0.3 is 0 Å². The Morgan fingerprint density at radius 2 is 1.88 bits per heavy atom. The summed E-state index contributed by atoms with van der Waals surface area (Å²) in [5.74, 6) is 0.323. The second-order valence-corrected chi connectivity index (χ2v) is 4.40. The number of para-hydroxylation sites is 1. The van der Waals surface area contributed by atoms with Crippen LogP contribution in [0.3, 0.4) is 0 Å². The molecule has 2 aromatic rings. The monoisotopic (exact) mass is 295 g/mol. The van der Waals surface area contributed by atoms with Crippen LogP contribution >= 0.6 is 15.9 Å². The minimum atomic E-state index is -0.341. The predicted octanol–water partition coefficient (Wildman–Crippen LogP) is 3.85. The van der Waals surface area contributed by atoms with Crippen LogP contribution in [-0.4, -0.2) is 7.11 Å². The molecule has 0 unspecified atom stereocenters. The molecule has 0 spiro atoms. The number of methoxy groups -OCH3 is 1. The molecule has 88 valence electrons. The molecule has 2 aromatic carbocycles. The van der Waals surface area contributed by atoms with Crippen molar-refractivity contribution in [1.29, 1.82) is 0 Å². The molecular formula is C13H11BrFNO. The van der Waals surface area contributed by atoms with Gasteiger partial charge in [-0.1, -0.05) is 18.2 Å². The minimum Gasteiger partial charge on any atom is -0.496 e. The fraction of sp³-hybridized carbons (Fsp3) is 0.0769. The van der Waals surface area contributed by atoms with Crippen molar-refractivity contribution in [3.63, 3.8) is 0 Å². The predicted molar refractivity (Wildman–Crippen MR) is 70.5 cm³/mol. The van der Waals surface area contributed by atoms with Gasteiger partial charge in [0.05, 0.1) is 12.8 Å². The molecule has 2 rings (SSSR count). The molecule has 0 aliphatic rings. The van der Waals surface area contributed by atoms with Gasteiger partial charge in [0.15, 0.2) is 0 Å². The van der Waals surface area contributed by atoms with E-state index in [1.54, 1.807) is 7.11 Å². The molecular weight excluding hydrogens is 285 g/mol. The lowest BCUT2D eigenvalue weighted by Gasteiger charge is -2.12. The molecule has 2 N–H and O–H groups in total. The third-order valence-electron chi connectivity index (χ3n) is 2.49. The van der Waals surface area contributed by atoms with Gasteiger partial charge in [-0.15, -0.1) is 0 Å². The highest BCUT2D eigenvalue weighted by molar-refractivity contribution is 9.10. The van der Waals surface area contributed by atoms with Gasteiger partial charge in [0, 0.05) is 15.6 Å². The molecule has 0 bridgehead atoms. The van der Waals surface area contributed by atoms with Crippen LogP contribution in [0.1, 0.15) is 0 Å². The maximum absolute atomic E-state index is 13.4. The van der Waals surface area contributed by atoms with Crippen LogP contribution < -0.4 is 10.5 Å². The lowest BCUT2D eigenvalue weighted by atomic mass is 10.0. The van der Waals surface area contributed by atoms with E-state index in [9.17, 15) is 4.39 Å². The Morgan fingerprint density at radius 3 is 2.59 bits per heavy atom. The van der Waals surface area contributed by atoms with Crippen molar-refractivity contribution in [3.05, 3.63) is 46.7 Å². The molecule has 0 aliphatic heterocycles. The highest BCUT2D eigenvalue weighted by atomic mass is 79.9. The number of hydrogen-bond donors (Lipinski definition) is 1. The summed E-state index contributed by atoms with van der Waals surface area (Å²) in [7, 11) is 1.57. The Labute approximate surface area is 107 Å². The van der Waals surface area contributed by atoms with Gasteiger partial charge in [-0.2, -0.15) is 0 Å². The average molecular weight is 296 g/mol. The van der Waals surface area contributed by atoms with Crippen molar-refractivity contribution in [2.75, 3.05) is 12.8 Å². The lowest BCUT2D eigenvalue weighted by molar-refractivity contribution is 0.416. The van der Waals surface area contributed by atoms with Gasteiger partial charge in [-0.05, 0) is 34.1 Å². The van der Waals surface area contributed by atoms with E-state index in [0.717, 1.165) is 5.56 Å². The van der Waals surface area contributed by atoms with Crippen LogP contribution in [-0.2, 0) is 0 Å². The normalized spacial score (nSPS) is 10.3. The van der Waals surface area contributed by atoms with Crippen molar-refractivity contribution in [2.24, 2.45) is 0 Å².